The second-order valence-corrected chi connectivity index (χ2v) is 19.6. The number of aromatic nitrogens is 4. The first kappa shape index (κ1) is 44.5. The Hall–Kier alpha value is -4.67. The Labute approximate surface area is 373 Å². The van der Waals surface area contributed by atoms with Gasteiger partial charge in [-0.05, 0) is 127 Å². The molecule has 2 aromatic heterocycles. The maximum atomic E-state index is 14.3. The number of fused-ring (bicyclic) bond motifs is 2. The number of nitrogens with zero attached hydrogens (tertiary/aromatic N) is 8. The van der Waals surface area contributed by atoms with Crippen molar-refractivity contribution in [1.82, 2.24) is 34.4 Å². The lowest BCUT2D eigenvalue weighted by Gasteiger charge is -2.53. The van der Waals surface area contributed by atoms with Gasteiger partial charge in [-0.1, -0.05) is 18.7 Å². The minimum absolute atomic E-state index is 0.00676. The largest absolute Gasteiger partial charge is 0.481 e. The standard InChI is InChI=1S/C48H63F3N8O5/c1-6-33-27-35-41(42(62-31-48(49,50)51)40(33)39-32(2)12-13-37-36(39)28-52-59(37)38-11-7-10-26-61-38)53-44(63-34-14-20-56(21-15-34)25-24-55-18-8-9-19-55)54-43(35)57-22-16-47(17-23-57)29-58(30-47)45(60)64-46(3,4)5/h6,12-13,27-28,34,38H,1,7-11,14-26,29-31H2,2-5H3. The van der Waals surface area contributed by atoms with E-state index in [4.69, 9.17) is 34.0 Å². The molecule has 5 fully saturated rings. The van der Waals surface area contributed by atoms with E-state index in [1.54, 1.807) is 17.2 Å². The van der Waals surface area contributed by atoms with E-state index in [2.05, 4.69) is 21.3 Å². The highest BCUT2D eigenvalue weighted by Crippen LogP contribution is 2.48. The van der Waals surface area contributed by atoms with Crippen LogP contribution in [0, 0.1) is 12.3 Å². The topological polar surface area (TPSA) is 111 Å². The van der Waals surface area contributed by atoms with Crippen molar-refractivity contribution >= 4 is 39.8 Å². The number of aryl methyl sites for hydroxylation is 1. The van der Waals surface area contributed by atoms with Gasteiger partial charge >= 0.3 is 18.3 Å². The zero-order chi connectivity index (χ0) is 44.8. The molecule has 0 aliphatic carbocycles. The van der Waals surface area contributed by atoms with Gasteiger partial charge in [0.25, 0.3) is 0 Å². The van der Waals surface area contributed by atoms with E-state index in [0.717, 1.165) is 87.6 Å². The summed E-state index contributed by atoms with van der Waals surface area (Å²) in [6, 6.07) is 6.01. The molecule has 13 nitrogen and oxygen atoms in total. The summed E-state index contributed by atoms with van der Waals surface area (Å²) in [5.41, 5.74) is 2.99. The fraction of sp³-hybridized carbons (Fsp3) is 0.625. The molecule has 346 valence electrons. The van der Waals surface area contributed by atoms with E-state index in [0.29, 0.717) is 60.7 Å². The molecule has 64 heavy (non-hydrogen) atoms. The molecular formula is C48H63F3N8O5. The molecule has 7 heterocycles. The van der Waals surface area contributed by atoms with Gasteiger partial charge in [-0.2, -0.15) is 28.2 Å². The minimum atomic E-state index is -4.63. The summed E-state index contributed by atoms with van der Waals surface area (Å²) < 4.78 is 69.3. The number of hydrogen-bond donors (Lipinski definition) is 0. The molecule has 1 spiro atoms. The first-order valence-corrected chi connectivity index (χ1v) is 23.3. The number of rotatable bonds is 11. The average molecular weight is 889 g/mol. The van der Waals surface area contributed by atoms with E-state index in [9.17, 15) is 18.0 Å². The second-order valence-electron chi connectivity index (χ2n) is 19.6. The number of amides is 1. The molecule has 9 rings (SSSR count). The number of carbonyl (C=O) groups excluding carboxylic acids is 1. The lowest BCUT2D eigenvalue weighted by atomic mass is 9.72. The zero-order valence-corrected chi connectivity index (χ0v) is 37.9. The van der Waals surface area contributed by atoms with Crippen LogP contribution in [-0.4, -0.2) is 137 Å². The summed E-state index contributed by atoms with van der Waals surface area (Å²) in [4.78, 5) is 31.9. The van der Waals surface area contributed by atoms with E-state index < -0.39 is 18.4 Å². The van der Waals surface area contributed by atoms with Crippen molar-refractivity contribution in [3.8, 4) is 22.9 Å². The van der Waals surface area contributed by atoms with Crippen LogP contribution < -0.4 is 14.4 Å². The molecule has 1 atom stereocenters. The molecule has 5 saturated heterocycles. The summed E-state index contributed by atoms with van der Waals surface area (Å²) in [7, 11) is 0. The number of halogens is 3. The Balaban J connectivity index is 1.10. The number of ether oxygens (including phenoxy) is 4. The molecule has 1 unspecified atom stereocenters. The van der Waals surface area contributed by atoms with Gasteiger partial charge in [0.05, 0.1) is 11.7 Å². The van der Waals surface area contributed by atoms with E-state index >= 15 is 0 Å². The summed E-state index contributed by atoms with van der Waals surface area (Å²) in [6.07, 6.45) is 6.59. The number of carbonyl (C=O) groups is 1. The fourth-order valence-corrected chi connectivity index (χ4v) is 10.4. The van der Waals surface area contributed by atoms with Crippen LogP contribution in [0.1, 0.15) is 95.9 Å². The lowest BCUT2D eigenvalue weighted by molar-refractivity contribution is -0.153. The predicted octanol–water partition coefficient (Wildman–Crippen LogP) is 9.01. The van der Waals surface area contributed by atoms with Crippen molar-refractivity contribution in [3.05, 3.63) is 42.1 Å². The summed E-state index contributed by atoms with van der Waals surface area (Å²) >= 11 is 0. The maximum Gasteiger partial charge on any atom is 0.422 e. The number of likely N-dealkylation sites (tertiary alicyclic amines) is 3. The van der Waals surface area contributed by atoms with E-state index in [-0.39, 0.29) is 41.1 Å². The van der Waals surface area contributed by atoms with Gasteiger partial charge in [-0.15, -0.1) is 0 Å². The molecule has 16 heteroatoms. The molecule has 0 saturated carbocycles. The van der Waals surface area contributed by atoms with Crippen LogP contribution >= 0.6 is 0 Å². The second kappa shape index (κ2) is 18.0. The van der Waals surface area contributed by atoms with Crippen molar-refractivity contribution in [2.45, 2.75) is 110 Å². The Morgan fingerprint density at radius 3 is 2.30 bits per heavy atom. The number of piperidine rings is 2. The summed E-state index contributed by atoms with van der Waals surface area (Å²) in [6.45, 7) is 19.5. The Kier molecular flexibility index (Phi) is 12.5. The Morgan fingerprint density at radius 1 is 0.922 bits per heavy atom. The number of alkyl halides is 3. The van der Waals surface area contributed by atoms with Gasteiger partial charge in [-0.25, -0.2) is 9.48 Å². The zero-order valence-electron chi connectivity index (χ0n) is 37.9. The molecule has 0 radical (unpaired) electrons. The van der Waals surface area contributed by atoms with Crippen LogP contribution in [0.4, 0.5) is 23.8 Å². The summed E-state index contributed by atoms with van der Waals surface area (Å²) in [5.74, 6) is 0.567. The van der Waals surface area contributed by atoms with Gasteiger partial charge in [0.15, 0.2) is 18.6 Å². The van der Waals surface area contributed by atoms with Crippen molar-refractivity contribution in [2.75, 3.05) is 83.6 Å². The third-order valence-electron chi connectivity index (χ3n) is 13.8. The first-order chi connectivity index (χ1) is 30.7. The van der Waals surface area contributed by atoms with E-state index in [1.165, 1.54) is 25.9 Å². The monoisotopic (exact) mass is 888 g/mol. The molecular weight excluding hydrogens is 826 g/mol. The Morgan fingerprint density at radius 2 is 1.64 bits per heavy atom. The van der Waals surface area contributed by atoms with Gasteiger partial charge in [0, 0.05) is 80.7 Å². The molecule has 2 aromatic carbocycles. The molecule has 0 N–H and O–H groups in total. The lowest BCUT2D eigenvalue weighted by Crippen LogP contribution is -2.62. The third-order valence-corrected chi connectivity index (χ3v) is 13.8. The van der Waals surface area contributed by atoms with Gasteiger partial charge in [0.2, 0.25) is 0 Å². The predicted molar refractivity (Wildman–Crippen MR) is 241 cm³/mol. The van der Waals surface area contributed by atoms with E-state index in [1.807, 2.05) is 50.6 Å². The molecule has 0 bridgehead atoms. The molecule has 4 aromatic rings. The maximum absolute atomic E-state index is 14.3. The van der Waals surface area contributed by atoms with Crippen LogP contribution in [0.25, 0.3) is 39.0 Å². The smallest absolute Gasteiger partial charge is 0.422 e. The highest BCUT2D eigenvalue weighted by molar-refractivity contribution is 6.07. The molecule has 1 amide bonds. The molecule has 5 aliphatic rings. The van der Waals surface area contributed by atoms with Crippen molar-refractivity contribution in [2.24, 2.45) is 5.41 Å². The van der Waals surface area contributed by atoms with Gasteiger partial charge in [0.1, 0.15) is 23.0 Å². The van der Waals surface area contributed by atoms with Crippen molar-refractivity contribution < 1.29 is 36.9 Å². The Bertz CT molecular complexity index is 2330. The van der Waals surface area contributed by atoms with Gasteiger partial charge in [-0.3, -0.25) is 0 Å². The number of benzene rings is 2. The molecule has 5 aliphatic heterocycles. The van der Waals surface area contributed by atoms with Crippen LogP contribution in [0.5, 0.6) is 11.8 Å². The first-order valence-electron chi connectivity index (χ1n) is 23.3. The van der Waals surface area contributed by atoms with Crippen molar-refractivity contribution in [1.29, 1.82) is 0 Å². The van der Waals surface area contributed by atoms with Gasteiger partial charge < -0.3 is 38.5 Å². The van der Waals surface area contributed by atoms with Crippen LogP contribution in [-0.2, 0) is 9.47 Å². The highest BCUT2D eigenvalue weighted by Gasteiger charge is 2.48. The number of hydrogen-bond acceptors (Lipinski definition) is 11. The van der Waals surface area contributed by atoms with Crippen LogP contribution in [0.15, 0.2) is 31.0 Å². The minimum Gasteiger partial charge on any atom is -0.481 e. The third kappa shape index (κ3) is 9.51. The highest BCUT2D eigenvalue weighted by atomic mass is 19.4. The van der Waals surface area contributed by atoms with Crippen molar-refractivity contribution in [3.63, 3.8) is 0 Å². The fourth-order valence-electron chi connectivity index (χ4n) is 10.4. The average Bonchev–Trinajstić information content (AvgIpc) is 3.94. The number of anilines is 1. The van der Waals surface area contributed by atoms with Crippen LogP contribution in [0.3, 0.4) is 0 Å². The normalized spacial score (nSPS) is 21.5. The summed E-state index contributed by atoms with van der Waals surface area (Å²) in [5, 5.41) is 6.10. The van der Waals surface area contributed by atoms with Crippen LogP contribution in [0.2, 0.25) is 0 Å². The SMILES string of the molecule is C=Cc1cc2c(N3CCC4(CC3)CN(C(=O)OC(C)(C)C)C4)nc(OC3CCN(CCN4CCCC4)CC3)nc2c(OCC(F)(F)F)c1-c1c(C)ccc2c1cnn2C1CCCCO1. The quantitative estimate of drug-likeness (QED) is 0.144.